The van der Waals surface area contributed by atoms with Gasteiger partial charge in [-0.2, -0.15) is 9.97 Å². The lowest BCUT2D eigenvalue weighted by Gasteiger charge is -2.28. The third-order valence-electron chi connectivity index (χ3n) is 6.51. The van der Waals surface area contributed by atoms with E-state index in [2.05, 4.69) is 48.9 Å². The van der Waals surface area contributed by atoms with Crippen LogP contribution in [0.4, 0.5) is 5.82 Å². The average molecular weight is 555 g/mol. The molecule has 3 N–H and O–H groups in total. The van der Waals surface area contributed by atoms with Crippen molar-refractivity contribution in [2.45, 2.75) is 36.8 Å². The summed E-state index contributed by atoms with van der Waals surface area (Å²) in [6.07, 6.45) is 0.764. The monoisotopic (exact) mass is 554 g/mol. The maximum absolute atomic E-state index is 11.3. The van der Waals surface area contributed by atoms with E-state index in [1.165, 1.54) is 4.90 Å². The Balaban J connectivity index is 1.49. The van der Waals surface area contributed by atoms with Crippen LogP contribution in [0.15, 0.2) is 30.6 Å². The van der Waals surface area contributed by atoms with Gasteiger partial charge in [0.05, 0.1) is 17.9 Å². The van der Waals surface area contributed by atoms with Gasteiger partial charge in [-0.1, -0.05) is 12.1 Å². The van der Waals surface area contributed by atoms with Gasteiger partial charge in [0, 0.05) is 23.1 Å². The average Bonchev–Trinajstić information content (AvgIpc) is 3.29. The smallest absolute Gasteiger partial charge is 0.226 e. The Bertz CT molecular complexity index is 1180. The summed E-state index contributed by atoms with van der Waals surface area (Å²) in [5.41, 5.74) is 1.32. The summed E-state index contributed by atoms with van der Waals surface area (Å²) in [6, 6.07) is 7.61. The lowest BCUT2D eigenvalue weighted by atomic mass is 10.1. The third-order valence-corrected chi connectivity index (χ3v) is 7.35. The first kappa shape index (κ1) is 20.9. The maximum Gasteiger partial charge on any atom is 0.226 e. The van der Waals surface area contributed by atoms with Crippen molar-refractivity contribution < 1.29 is 15.0 Å². The topological polar surface area (TPSA) is 116 Å². The molecule has 0 saturated heterocycles. The Morgan fingerprint density at radius 3 is 2.97 bits per heavy atom. The van der Waals surface area contributed by atoms with Crippen LogP contribution in [0.3, 0.4) is 0 Å². The van der Waals surface area contributed by atoms with E-state index in [1.807, 2.05) is 18.2 Å². The standard InChI is InChI=1S/C20H20ClIN6O3/c1-27(9-29)20-6-12(20)14(15(30)16(20)31)28-8-24-13-17(25-19(21)26-18(13)28)23-7-10-3-2-4-11(22)5-10/h2-5,8-9,12,14-16,30-31H,6-7H2,1H3,(H,23,25,26)/t12-,14+,15-,16-,20-/m0/s1. The van der Waals surface area contributed by atoms with Gasteiger partial charge in [-0.05, 0) is 58.3 Å². The van der Waals surface area contributed by atoms with Crippen molar-refractivity contribution >= 4 is 57.6 Å². The number of anilines is 1. The third kappa shape index (κ3) is 3.19. The van der Waals surface area contributed by atoms with Gasteiger partial charge < -0.3 is 25.0 Å². The zero-order valence-corrected chi connectivity index (χ0v) is 19.4. The van der Waals surface area contributed by atoms with Crippen molar-refractivity contribution in [2.75, 3.05) is 12.4 Å². The highest BCUT2D eigenvalue weighted by Crippen LogP contribution is 2.63. The van der Waals surface area contributed by atoms with Crippen LogP contribution in [-0.4, -0.2) is 65.8 Å². The number of hydrogen-bond acceptors (Lipinski definition) is 7. The molecule has 0 unspecified atom stereocenters. The summed E-state index contributed by atoms with van der Waals surface area (Å²) in [6.45, 7) is 0.535. The molecule has 5 rings (SSSR count). The van der Waals surface area contributed by atoms with Crippen molar-refractivity contribution in [3.8, 4) is 0 Å². The van der Waals surface area contributed by atoms with Crippen molar-refractivity contribution in [3.05, 3.63) is 45.0 Å². The van der Waals surface area contributed by atoms with Gasteiger partial charge in [-0.3, -0.25) is 4.79 Å². The number of hydrogen-bond donors (Lipinski definition) is 3. The number of aliphatic hydroxyl groups excluding tert-OH is 2. The number of carbonyl (C=O) groups is 1. The van der Waals surface area contributed by atoms with Gasteiger partial charge in [-0.25, -0.2) is 4.98 Å². The quantitative estimate of drug-likeness (QED) is 0.242. The van der Waals surface area contributed by atoms with Gasteiger partial charge in [0.15, 0.2) is 17.0 Å². The van der Waals surface area contributed by atoms with E-state index >= 15 is 0 Å². The van der Waals surface area contributed by atoms with E-state index in [-0.39, 0.29) is 11.2 Å². The molecule has 2 fully saturated rings. The fourth-order valence-corrected chi connectivity index (χ4v) is 5.68. The fraction of sp³-hybridized carbons (Fsp3) is 0.400. The second-order valence-corrected chi connectivity index (χ2v) is 9.68. The Hall–Kier alpha value is -2.02. The van der Waals surface area contributed by atoms with Crippen molar-refractivity contribution in [1.29, 1.82) is 0 Å². The van der Waals surface area contributed by atoms with Crippen molar-refractivity contribution in [3.63, 3.8) is 0 Å². The Morgan fingerprint density at radius 2 is 2.23 bits per heavy atom. The zero-order chi connectivity index (χ0) is 21.9. The van der Waals surface area contributed by atoms with Crippen molar-refractivity contribution in [1.82, 2.24) is 24.4 Å². The highest BCUT2D eigenvalue weighted by Gasteiger charge is 2.73. The van der Waals surface area contributed by atoms with E-state index in [9.17, 15) is 15.0 Å². The highest BCUT2D eigenvalue weighted by molar-refractivity contribution is 14.1. The number of benzene rings is 1. The number of halogens is 2. The Labute approximate surface area is 196 Å². The molecule has 2 aliphatic rings. The van der Waals surface area contributed by atoms with Gasteiger partial charge >= 0.3 is 0 Å². The summed E-state index contributed by atoms with van der Waals surface area (Å²) in [5, 5.41) is 24.8. The molecule has 2 aromatic heterocycles. The molecule has 11 heteroatoms. The molecule has 2 saturated carbocycles. The van der Waals surface area contributed by atoms with E-state index in [0.717, 1.165) is 9.13 Å². The van der Waals surface area contributed by atoms with Crippen LogP contribution in [0.25, 0.3) is 11.2 Å². The number of nitrogens with one attached hydrogen (secondary N) is 1. The summed E-state index contributed by atoms with van der Waals surface area (Å²) < 4.78 is 2.87. The first-order valence-electron chi connectivity index (χ1n) is 9.79. The minimum absolute atomic E-state index is 0.0551. The molecule has 1 aromatic carbocycles. The van der Waals surface area contributed by atoms with Crippen LogP contribution in [0.2, 0.25) is 5.28 Å². The summed E-state index contributed by atoms with van der Waals surface area (Å²) >= 11 is 8.47. The van der Waals surface area contributed by atoms with Gasteiger partial charge in [-0.15, -0.1) is 0 Å². The number of carbonyl (C=O) groups excluding carboxylic acids is 1. The first-order chi connectivity index (χ1) is 14.9. The molecule has 162 valence electrons. The first-order valence-corrected chi connectivity index (χ1v) is 11.2. The van der Waals surface area contributed by atoms with Crippen LogP contribution in [0.1, 0.15) is 18.0 Å². The van der Waals surface area contributed by atoms with Gasteiger partial charge in [0.2, 0.25) is 11.7 Å². The van der Waals surface area contributed by atoms with E-state index < -0.39 is 23.8 Å². The second-order valence-electron chi connectivity index (χ2n) is 8.09. The largest absolute Gasteiger partial charge is 0.388 e. The van der Waals surface area contributed by atoms with Crippen LogP contribution in [0.5, 0.6) is 0 Å². The molecule has 0 radical (unpaired) electrons. The number of aliphatic hydroxyl groups is 2. The molecular weight excluding hydrogens is 535 g/mol. The van der Waals surface area contributed by atoms with E-state index in [4.69, 9.17) is 11.6 Å². The molecule has 0 spiro atoms. The van der Waals surface area contributed by atoms with Crippen molar-refractivity contribution in [2.24, 2.45) is 5.92 Å². The SMILES string of the molecule is CN(C=O)[C@@]12C[C@H]1[C@@H](n1cnc3c(NCc4cccc(I)c4)nc(Cl)nc31)[C@H](O)[C@@H]2O. The molecule has 9 nitrogen and oxygen atoms in total. The zero-order valence-electron chi connectivity index (χ0n) is 16.5. The lowest BCUT2D eigenvalue weighted by molar-refractivity contribution is -0.123. The number of rotatable bonds is 6. The number of amides is 1. The van der Waals surface area contributed by atoms with Crippen LogP contribution in [0, 0.1) is 9.49 Å². The predicted molar refractivity (Wildman–Crippen MR) is 123 cm³/mol. The van der Waals surface area contributed by atoms with Crippen LogP contribution >= 0.6 is 34.2 Å². The minimum Gasteiger partial charge on any atom is -0.388 e. The summed E-state index contributed by atoms with van der Waals surface area (Å²) in [7, 11) is 1.63. The number of aromatic nitrogens is 4. The number of likely N-dealkylation sites (N-methyl/N-ethyl adjacent to an activating group) is 1. The molecule has 1 amide bonds. The molecule has 0 aliphatic heterocycles. The highest BCUT2D eigenvalue weighted by atomic mass is 127. The van der Waals surface area contributed by atoms with E-state index in [1.54, 1.807) is 17.9 Å². The number of imidazole rings is 1. The predicted octanol–water partition coefficient (Wildman–Crippen LogP) is 1.82. The molecule has 5 atom stereocenters. The Kier molecular flexibility index (Phi) is 5.07. The van der Waals surface area contributed by atoms with Crippen LogP contribution in [-0.2, 0) is 11.3 Å². The molecule has 2 heterocycles. The van der Waals surface area contributed by atoms with Gasteiger partial charge in [0.25, 0.3) is 0 Å². The summed E-state index contributed by atoms with van der Waals surface area (Å²) in [4.78, 5) is 25.9. The normalized spacial score (nSPS) is 29.1. The van der Waals surface area contributed by atoms with Gasteiger partial charge in [0.1, 0.15) is 12.2 Å². The number of nitrogens with zero attached hydrogens (tertiary/aromatic N) is 5. The lowest BCUT2D eigenvalue weighted by Crippen LogP contribution is -2.46. The van der Waals surface area contributed by atoms with E-state index in [0.29, 0.717) is 36.4 Å². The maximum atomic E-state index is 11.3. The van der Waals surface area contributed by atoms with Crippen LogP contribution < -0.4 is 5.32 Å². The molecule has 0 bridgehead atoms. The fourth-order valence-electron chi connectivity index (χ4n) is 4.91. The number of fused-ring (bicyclic) bond motifs is 2. The minimum atomic E-state index is -1.06. The molecule has 31 heavy (non-hydrogen) atoms. The molecular formula is C20H20ClIN6O3. The molecule has 3 aromatic rings. The summed E-state index contributed by atoms with van der Waals surface area (Å²) in [5.74, 6) is 0.384. The molecule has 2 aliphatic carbocycles. The second kappa shape index (κ2) is 7.54. The Morgan fingerprint density at radius 1 is 1.42 bits per heavy atom.